The van der Waals surface area contributed by atoms with E-state index in [-0.39, 0.29) is 11.3 Å². The number of carboxylic acids is 1. The van der Waals surface area contributed by atoms with Crippen molar-refractivity contribution in [2.45, 2.75) is 32.5 Å². The van der Waals surface area contributed by atoms with Crippen LogP contribution in [0, 0.1) is 18.3 Å². The largest absolute Gasteiger partial charge is 0.490 e. The van der Waals surface area contributed by atoms with E-state index in [0.29, 0.717) is 19.7 Å². The first-order chi connectivity index (χ1) is 14.3. The van der Waals surface area contributed by atoms with Crippen LogP contribution in [0.1, 0.15) is 24.3 Å². The highest BCUT2D eigenvalue weighted by Gasteiger charge is 2.50. The van der Waals surface area contributed by atoms with Crippen molar-refractivity contribution in [1.29, 1.82) is 0 Å². The molecule has 1 unspecified atom stereocenters. The maximum Gasteiger partial charge on any atom is 0.490 e. The van der Waals surface area contributed by atoms with Gasteiger partial charge in [-0.3, -0.25) is 4.90 Å². The Balaban J connectivity index is 0.000000423. The molecule has 1 atom stereocenters. The Morgan fingerprint density at radius 3 is 2.39 bits per heavy atom. The lowest BCUT2D eigenvalue weighted by atomic mass is 9.71. The molecule has 0 saturated carbocycles. The molecule has 1 N–H and O–H groups in total. The molecule has 2 aliphatic rings. The van der Waals surface area contributed by atoms with Gasteiger partial charge in [-0.2, -0.15) is 13.2 Å². The average Bonchev–Trinajstić information content (AvgIpc) is 3.21. The monoisotopic (exact) mass is 471 g/mol. The van der Waals surface area contributed by atoms with Crippen LogP contribution in [0.25, 0.3) is 0 Å². The summed E-state index contributed by atoms with van der Waals surface area (Å²) in [5, 5.41) is 11.2. The predicted molar refractivity (Wildman–Crippen MR) is 104 cm³/mol. The number of aromatic nitrogens is 1. The van der Waals surface area contributed by atoms with Crippen LogP contribution >= 0.6 is 0 Å². The highest BCUT2D eigenvalue weighted by atomic mass is 32.2. The molecule has 2 fully saturated rings. The van der Waals surface area contributed by atoms with Crippen molar-refractivity contribution in [3.8, 4) is 0 Å². The second kappa shape index (κ2) is 9.84. The van der Waals surface area contributed by atoms with Gasteiger partial charge in [0.05, 0.1) is 18.6 Å². The molecule has 3 rings (SSSR count). The maximum atomic E-state index is 12.0. The Hall–Kier alpha value is -1.70. The SMILES string of the molecule is COCC1CN(S(C)(=O)=O)CC12CCN(Cc1cc(C)on1)CC2.O=C(O)C(F)(F)F. The topological polar surface area (TPSA) is 113 Å². The first-order valence-corrected chi connectivity index (χ1v) is 11.5. The number of hydrogen-bond donors (Lipinski definition) is 1. The van der Waals surface area contributed by atoms with Gasteiger partial charge in [-0.15, -0.1) is 0 Å². The highest BCUT2D eigenvalue weighted by Crippen LogP contribution is 2.45. The van der Waals surface area contributed by atoms with Crippen LogP contribution in [-0.2, 0) is 26.1 Å². The van der Waals surface area contributed by atoms with Crippen LogP contribution in [-0.4, -0.2) is 86.2 Å². The fourth-order valence-corrected chi connectivity index (χ4v) is 5.05. The first kappa shape index (κ1) is 25.6. The van der Waals surface area contributed by atoms with E-state index in [1.165, 1.54) is 6.26 Å². The van der Waals surface area contributed by atoms with Crippen molar-refractivity contribution in [3.63, 3.8) is 0 Å². The van der Waals surface area contributed by atoms with E-state index < -0.39 is 22.2 Å². The lowest BCUT2D eigenvalue weighted by molar-refractivity contribution is -0.192. The normalized spacial score (nSPS) is 22.3. The molecule has 0 aromatic carbocycles. The summed E-state index contributed by atoms with van der Waals surface area (Å²) in [6.45, 7) is 6.40. The van der Waals surface area contributed by atoms with Gasteiger partial charge in [-0.1, -0.05) is 5.16 Å². The molecule has 2 aliphatic heterocycles. The van der Waals surface area contributed by atoms with E-state index in [1.807, 2.05) is 13.0 Å². The summed E-state index contributed by atoms with van der Waals surface area (Å²) in [6.07, 6.45) is -1.80. The van der Waals surface area contributed by atoms with Crippen LogP contribution in [0.2, 0.25) is 0 Å². The minimum absolute atomic E-state index is 0.0370. The third-order valence-electron chi connectivity index (χ3n) is 5.77. The summed E-state index contributed by atoms with van der Waals surface area (Å²) in [7, 11) is -1.45. The smallest absolute Gasteiger partial charge is 0.475 e. The third kappa shape index (κ3) is 6.89. The molecule has 9 nitrogen and oxygen atoms in total. The van der Waals surface area contributed by atoms with Gasteiger partial charge in [0.2, 0.25) is 10.0 Å². The molecule has 0 radical (unpaired) electrons. The van der Waals surface area contributed by atoms with Crippen LogP contribution in [0.15, 0.2) is 10.6 Å². The van der Waals surface area contributed by atoms with Crippen LogP contribution in [0.5, 0.6) is 0 Å². The molecule has 2 saturated heterocycles. The van der Waals surface area contributed by atoms with Gasteiger partial charge >= 0.3 is 12.1 Å². The van der Waals surface area contributed by atoms with Crippen molar-refractivity contribution in [1.82, 2.24) is 14.4 Å². The van der Waals surface area contributed by atoms with Gasteiger partial charge in [0.1, 0.15) is 5.76 Å². The highest BCUT2D eigenvalue weighted by molar-refractivity contribution is 7.88. The quantitative estimate of drug-likeness (QED) is 0.691. The summed E-state index contributed by atoms with van der Waals surface area (Å²) in [4.78, 5) is 11.3. The van der Waals surface area contributed by atoms with E-state index in [1.54, 1.807) is 11.4 Å². The van der Waals surface area contributed by atoms with Crippen molar-refractivity contribution >= 4 is 16.0 Å². The number of aliphatic carboxylic acids is 1. The standard InChI is InChI=1S/C16H27N3O4S.C2HF3O2/c1-13-8-15(17-23-13)10-18-6-4-16(5-7-18)12-19(24(3,20)21)9-14(16)11-22-2;3-2(4,5)1(6)7/h8,14H,4-7,9-12H2,1-3H3;(H,6,7). The molecule has 1 spiro atoms. The fourth-order valence-electron chi connectivity index (χ4n) is 4.11. The summed E-state index contributed by atoms with van der Waals surface area (Å²) >= 11 is 0. The lowest BCUT2D eigenvalue weighted by Crippen LogP contribution is -2.45. The molecule has 0 bridgehead atoms. The number of ether oxygens (including phenoxy) is 1. The number of nitrogens with zero attached hydrogens (tertiary/aromatic N) is 3. The van der Waals surface area contributed by atoms with E-state index in [4.69, 9.17) is 19.2 Å². The summed E-state index contributed by atoms with van der Waals surface area (Å²) in [5.74, 6) is -1.65. The zero-order valence-corrected chi connectivity index (χ0v) is 18.5. The Kier molecular flexibility index (Phi) is 8.11. The Labute approximate surface area is 179 Å². The van der Waals surface area contributed by atoms with Gasteiger partial charge in [0.25, 0.3) is 0 Å². The van der Waals surface area contributed by atoms with Crippen LogP contribution in [0.4, 0.5) is 13.2 Å². The van der Waals surface area contributed by atoms with Gasteiger partial charge in [0, 0.05) is 38.7 Å². The van der Waals surface area contributed by atoms with E-state index in [9.17, 15) is 21.6 Å². The second-order valence-electron chi connectivity index (χ2n) is 8.08. The lowest BCUT2D eigenvalue weighted by Gasteiger charge is -2.42. The van der Waals surface area contributed by atoms with E-state index in [0.717, 1.165) is 43.9 Å². The number of likely N-dealkylation sites (tertiary alicyclic amines) is 1. The number of carbonyl (C=O) groups is 1. The summed E-state index contributed by atoms with van der Waals surface area (Å²) < 4.78 is 67.8. The predicted octanol–water partition coefficient (Wildman–Crippen LogP) is 1.74. The molecule has 31 heavy (non-hydrogen) atoms. The maximum absolute atomic E-state index is 12.0. The van der Waals surface area contributed by atoms with E-state index >= 15 is 0 Å². The third-order valence-corrected chi connectivity index (χ3v) is 6.99. The van der Waals surface area contributed by atoms with Gasteiger partial charge < -0.3 is 14.4 Å². The van der Waals surface area contributed by atoms with Crippen molar-refractivity contribution in [3.05, 3.63) is 17.5 Å². The molecule has 0 aliphatic carbocycles. The number of halogens is 3. The number of carboxylic acid groups (broad SMARTS) is 1. The Morgan fingerprint density at radius 1 is 1.39 bits per heavy atom. The molecule has 13 heteroatoms. The molecule has 1 aromatic rings. The second-order valence-corrected chi connectivity index (χ2v) is 10.1. The molecule has 178 valence electrons. The summed E-state index contributed by atoms with van der Waals surface area (Å²) in [5.41, 5.74) is 0.996. The zero-order chi connectivity index (χ0) is 23.4. The number of hydrogen-bond acceptors (Lipinski definition) is 7. The number of methoxy groups -OCH3 is 1. The van der Waals surface area contributed by atoms with Crippen molar-refractivity contribution in [2.24, 2.45) is 11.3 Å². The average molecular weight is 471 g/mol. The number of alkyl halides is 3. The van der Waals surface area contributed by atoms with Gasteiger partial charge in [-0.25, -0.2) is 17.5 Å². The van der Waals surface area contributed by atoms with Gasteiger partial charge in [0.15, 0.2) is 0 Å². The Bertz CT molecular complexity index is 850. The van der Waals surface area contributed by atoms with Crippen molar-refractivity contribution in [2.75, 3.05) is 46.2 Å². The minimum atomic E-state index is -5.08. The molecule has 1 aromatic heterocycles. The molecular formula is C18H28F3N3O6S. The number of rotatable bonds is 5. The molecule has 3 heterocycles. The fraction of sp³-hybridized carbons (Fsp3) is 0.778. The minimum Gasteiger partial charge on any atom is -0.475 e. The number of piperidine rings is 1. The van der Waals surface area contributed by atoms with E-state index in [2.05, 4.69) is 10.1 Å². The molecule has 0 amide bonds. The van der Waals surface area contributed by atoms with Gasteiger partial charge in [-0.05, 0) is 38.3 Å². The zero-order valence-electron chi connectivity index (χ0n) is 17.7. The van der Waals surface area contributed by atoms with Crippen LogP contribution < -0.4 is 0 Å². The van der Waals surface area contributed by atoms with Crippen molar-refractivity contribution < 1.29 is 40.8 Å². The number of sulfonamides is 1. The summed E-state index contributed by atoms with van der Waals surface area (Å²) in [6, 6.07) is 1.97. The molecular weight excluding hydrogens is 443 g/mol. The van der Waals surface area contributed by atoms with Crippen LogP contribution in [0.3, 0.4) is 0 Å². The Morgan fingerprint density at radius 2 is 1.97 bits per heavy atom. The number of aryl methyl sites for hydroxylation is 1. The first-order valence-electron chi connectivity index (χ1n) is 9.65.